The first-order valence-corrected chi connectivity index (χ1v) is 10.1. The molecule has 0 spiro atoms. The Morgan fingerprint density at radius 1 is 1.21 bits per heavy atom. The Kier molecular flexibility index (Phi) is 5.66. The molecule has 1 aliphatic heterocycles. The lowest BCUT2D eigenvalue weighted by Crippen LogP contribution is -2.39. The van der Waals surface area contributed by atoms with E-state index < -0.39 is 17.7 Å². The largest absolute Gasteiger partial charge is 0.478 e. The van der Waals surface area contributed by atoms with Gasteiger partial charge in [0, 0.05) is 17.0 Å². The topological polar surface area (TPSA) is 95.9 Å². The number of ether oxygens (including phenoxy) is 1. The van der Waals surface area contributed by atoms with Crippen molar-refractivity contribution in [2.45, 2.75) is 46.3 Å². The molecule has 7 nitrogen and oxygen atoms in total. The van der Waals surface area contributed by atoms with Crippen molar-refractivity contribution in [3.8, 4) is 0 Å². The van der Waals surface area contributed by atoms with Crippen LogP contribution < -0.4 is 5.32 Å². The van der Waals surface area contributed by atoms with Crippen LogP contribution in [0.25, 0.3) is 0 Å². The number of thiophene rings is 1. The number of nitrogens with zero attached hydrogens (tertiary/aromatic N) is 1. The van der Waals surface area contributed by atoms with Crippen LogP contribution in [0.3, 0.4) is 0 Å². The fraction of sp³-hybridized carbons (Fsp3) is 0.381. The molecule has 29 heavy (non-hydrogen) atoms. The van der Waals surface area contributed by atoms with Gasteiger partial charge in [-0.05, 0) is 51.3 Å². The normalized spacial score (nSPS) is 13.6. The fourth-order valence-corrected chi connectivity index (χ4v) is 4.45. The summed E-state index contributed by atoms with van der Waals surface area (Å²) in [6, 6.07) is 7.12. The van der Waals surface area contributed by atoms with Gasteiger partial charge >= 0.3 is 12.1 Å². The lowest BCUT2D eigenvalue weighted by Gasteiger charge is -2.30. The Morgan fingerprint density at radius 3 is 2.52 bits per heavy atom. The minimum atomic E-state index is -1.09. The van der Waals surface area contributed by atoms with E-state index >= 15 is 0 Å². The molecule has 2 N–H and O–H groups in total. The molecule has 0 unspecified atom stereocenters. The van der Waals surface area contributed by atoms with E-state index in [2.05, 4.69) is 5.32 Å². The maximum absolute atomic E-state index is 12.7. The second-order valence-electron chi connectivity index (χ2n) is 7.93. The number of benzene rings is 1. The summed E-state index contributed by atoms with van der Waals surface area (Å²) in [6.45, 7) is 7.85. The predicted octanol–water partition coefficient (Wildman–Crippen LogP) is 4.30. The number of carbonyl (C=O) groups excluding carboxylic acids is 2. The van der Waals surface area contributed by atoms with Gasteiger partial charge in [0.15, 0.2) is 0 Å². The molecular formula is C21H24N2O5S. The monoisotopic (exact) mass is 416 g/mol. The number of hydrogen-bond donors (Lipinski definition) is 2. The maximum Gasteiger partial charge on any atom is 0.410 e. The van der Waals surface area contributed by atoms with E-state index in [1.165, 1.54) is 11.3 Å². The van der Waals surface area contributed by atoms with Crippen molar-refractivity contribution < 1.29 is 24.2 Å². The summed E-state index contributed by atoms with van der Waals surface area (Å²) >= 11 is 1.20. The van der Waals surface area contributed by atoms with E-state index in [1.807, 2.05) is 19.1 Å². The summed E-state index contributed by atoms with van der Waals surface area (Å²) in [5.74, 6) is -1.44. The second-order valence-corrected chi connectivity index (χ2v) is 9.04. The first-order valence-electron chi connectivity index (χ1n) is 9.29. The molecule has 2 aromatic rings. The minimum Gasteiger partial charge on any atom is -0.478 e. The Hall–Kier alpha value is -2.87. The van der Waals surface area contributed by atoms with Crippen LogP contribution in [-0.4, -0.2) is 40.1 Å². The average molecular weight is 416 g/mol. The number of carboxylic acids is 1. The molecular weight excluding hydrogens is 392 g/mol. The van der Waals surface area contributed by atoms with Crippen LogP contribution in [0.1, 0.15) is 57.5 Å². The number of fused-ring (bicyclic) bond motifs is 1. The smallest absolute Gasteiger partial charge is 0.410 e. The van der Waals surface area contributed by atoms with Gasteiger partial charge in [-0.3, -0.25) is 4.79 Å². The zero-order chi connectivity index (χ0) is 21.3. The van der Waals surface area contributed by atoms with Crippen molar-refractivity contribution in [2.75, 3.05) is 11.9 Å². The van der Waals surface area contributed by atoms with E-state index in [4.69, 9.17) is 4.74 Å². The third kappa shape index (κ3) is 4.59. The fourth-order valence-electron chi connectivity index (χ4n) is 3.20. The van der Waals surface area contributed by atoms with Gasteiger partial charge in [-0.15, -0.1) is 11.3 Å². The molecule has 8 heteroatoms. The Balaban J connectivity index is 1.86. The van der Waals surface area contributed by atoms with E-state index in [1.54, 1.807) is 37.8 Å². The maximum atomic E-state index is 12.7. The van der Waals surface area contributed by atoms with Crippen molar-refractivity contribution >= 4 is 34.3 Å². The molecule has 2 amide bonds. The van der Waals surface area contributed by atoms with Gasteiger partial charge < -0.3 is 20.1 Å². The molecule has 2 heterocycles. The van der Waals surface area contributed by atoms with Crippen LogP contribution in [-0.2, 0) is 17.7 Å². The lowest BCUT2D eigenvalue weighted by molar-refractivity contribution is 0.0226. The number of rotatable bonds is 3. The molecule has 1 aromatic carbocycles. The summed E-state index contributed by atoms with van der Waals surface area (Å²) in [5, 5.41) is 12.8. The number of amides is 2. The highest BCUT2D eigenvalue weighted by atomic mass is 32.1. The summed E-state index contributed by atoms with van der Waals surface area (Å²) in [6.07, 6.45) is -0.0358. The van der Waals surface area contributed by atoms with Gasteiger partial charge in [0.1, 0.15) is 10.6 Å². The van der Waals surface area contributed by atoms with E-state index in [0.29, 0.717) is 29.1 Å². The average Bonchev–Trinajstić information content (AvgIpc) is 2.97. The van der Waals surface area contributed by atoms with Crippen molar-refractivity contribution in [2.24, 2.45) is 0 Å². The summed E-state index contributed by atoms with van der Waals surface area (Å²) < 4.78 is 5.42. The summed E-state index contributed by atoms with van der Waals surface area (Å²) in [7, 11) is 0. The highest BCUT2D eigenvalue weighted by molar-refractivity contribution is 7.17. The predicted molar refractivity (Wildman–Crippen MR) is 111 cm³/mol. The molecule has 0 radical (unpaired) electrons. The molecule has 3 rings (SSSR count). The molecule has 1 aliphatic rings. The molecule has 1 aromatic heterocycles. The van der Waals surface area contributed by atoms with Crippen LogP contribution >= 0.6 is 11.3 Å². The van der Waals surface area contributed by atoms with Gasteiger partial charge in [0.25, 0.3) is 5.91 Å². The van der Waals surface area contributed by atoms with Crippen LogP contribution in [0.2, 0.25) is 0 Å². The molecule has 0 bridgehead atoms. The SMILES string of the molecule is Cc1ccccc1C(=O)Nc1sc2c(c1C(=O)O)CCN(C(=O)OC(C)(C)C)C2. The van der Waals surface area contributed by atoms with Gasteiger partial charge in [0.05, 0.1) is 12.1 Å². The van der Waals surface area contributed by atoms with Crippen LogP contribution in [0.4, 0.5) is 9.80 Å². The molecule has 154 valence electrons. The Bertz CT molecular complexity index is 974. The van der Waals surface area contributed by atoms with Gasteiger partial charge in [-0.1, -0.05) is 18.2 Å². The number of carbonyl (C=O) groups is 3. The highest BCUT2D eigenvalue weighted by Crippen LogP contribution is 2.37. The number of hydrogen-bond acceptors (Lipinski definition) is 5. The van der Waals surface area contributed by atoms with Crippen molar-refractivity contribution in [1.29, 1.82) is 0 Å². The van der Waals surface area contributed by atoms with E-state index in [9.17, 15) is 19.5 Å². The van der Waals surface area contributed by atoms with Crippen LogP contribution in [0, 0.1) is 6.92 Å². The third-order valence-corrected chi connectivity index (χ3v) is 5.67. The zero-order valence-electron chi connectivity index (χ0n) is 16.9. The van der Waals surface area contributed by atoms with Crippen molar-refractivity contribution in [1.82, 2.24) is 4.90 Å². The minimum absolute atomic E-state index is 0.107. The standard InChI is InChI=1S/C21H24N2O5S/c1-12-7-5-6-8-13(12)17(24)22-18-16(19(25)26)14-9-10-23(11-15(14)29-18)20(27)28-21(2,3)4/h5-8H,9-11H2,1-4H3,(H,22,24)(H,25,26). The molecule has 0 saturated heterocycles. The van der Waals surface area contributed by atoms with E-state index in [-0.39, 0.29) is 18.0 Å². The molecule has 0 fully saturated rings. The van der Waals surface area contributed by atoms with Gasteiger partial charge in [0.2, 0.25) is 0 Å². The Labute approximate surface area is 173 Å². The van der Waals surface area contributed by atoms with E-state index in [0.717, 1.165) is 10.4 Å². The number of anilines is 1. The number of nitrogens with one attached hydrogen (secondary N) is 1. The zero-order valence-corrected chi connectivity index (χ0v) is 17.7. The number of aryl methyl sites for hydroxylation is 1. The number of carboxylic acid groups (broad SMARTS) is 1. The van der Waals surface area contributed by atoms with Crippen LogP contribution in [0.5, 0.6) is 0 Å². The summed E-state index contributed by atoms with van der Waals surface area (Å²) in [4.78, 5) is 39.2. The highest BCUT2D eigenvalue weighted by Gasteiger charge is 2.32. The lowest BCUT2D eigenvalue weighted by atomic mass is 10.0. The third-order valence-electron chi connectivity index (χ3n) is 4.54. The first kappa shape index (κ1) is 20.9. The summed E-state index contributed by atoms with van der Waals surface area (Å²) in [5.41, 5.74) is 1.47. The van der Waals surface area contributed by atoms with Crippen LogP contribution in [0.15, 0.2) is 24.3 Å². The molecule has 0 saturated carbocycles. The molecule has 0 aliphatic carbocycles. The van der Waals surface area contributed by atoms with Crippen molar-refractivity contribution in [3.63, 3.8) is 0 Å². The van der Waals surface area contributed by atoms with Crippen molar-refractivity contribution in [3.05, 3.63) is 51.4 Å². The molecule has 0 atom stereocenters. The van der Waals surface area contributed by atoms with Gasteiger partial charge in [-0.2, -0.15) is 0 Å². The Morgan fingerprint density at radius 2 is 1.90 bits per heavy atom. The van der Waals surface area contributed by atoms with Gasteiger partial charge in [-0.25, -0.2) is 9.59 Å². The second kappa shape index (κ2) is 7.87. The quantitative estimate of drug-likeness (QED) is 0.778. The number of aromatic carboxylic acids is 1. The first-order chi connectivity index (χ1) is 13.6.